The summed E-state index contributed by atoms with van der Waals surface area (Å²) in [7, 11) is 0. The smallest absolute Gasteiger partial charge is 0.0611 e. The molecule has 2 heteroatoms. The maximum atomic E-state index is 10.1. The fourth-order valence-corrected chi connectivity index (χ4v) is 3.09. The van der Waals surface area contributed by atoms with E-state index in [0.717, 1.165) is 18.5 Å². The molecule has 3 rings (SSSR count). The maximum absolute atomic E-state index is 10.1. The van der Waals surface area contributed by atoms with Crippen LogP contribution in [0.1, 0.15) is 16.7 Å². The zero-order valence-electron chi connectivity index (χ0n) is 15.5. The minimum atomic E-state index is 0.0256. The normalized spacial score (nSPS) is 11.6. The lowest BCUT2D eigenvalue weighted by Gasteiger charge is -2.29. The van der Waals surface area contributed by atoms with Crippen molar-refractivity contribution in [2.75, 3.05) is 13.2 Å². The molecule has 0 amide bonds. The number of aliphatic hydroxyl groups is 1. The Kier molecular flexibility index (Phi) is 7.24. The van der Waals surface area contributed by atoms with Crippen molar-refractivity contribution in [1.29, 1.82) is 0 Å². The van der Waals surface area contributed by atoms with Crippen LogP contribution < -0.4 is 0 Å². The van der Waals surface area contributed by atoms with E-state index in [1.54, 1.807) is 0 Å². The van der Waals surface area contributed by atoms with Gasteiger partial charge >= 0.3 is 0 Å². The largest absolute Gasteiger partial charge is 0.395 e. The highest BCUT2D eigenvalue weighted by molar-refractivity contribution is 5.34. The van der Waals surface area contributed by atoms with Crippen LogP contribution in [0.2, 0.25) is 0 Å². The van der Waals surface area contributed by atoms with Crippen LogP contribution in [0.25, 0.3) is 0 Å². The van der Waals surface area contributed by atoms with Crippen LogP contribution in [-0.2, 0) is 13.0 Å². The first kappa shape index (κ1) is 18.9. The molecule has 0 aliphatic carbocycles. The first-order chi connectivity index (χ1) is 13.3. The zero-order valence-corrected chi connectivity index (χ0v) is 15.5. The SMILES string of the molecule is OC[C@H](Cc1ccccc1)N(CC#Cc1ccccc1)Cc1ccccc1. The van der Waals surface area contributed by atoms with E-state index >= 15 is 0 Å². The Labute approximate surface area is 162 Å². The van der Waals surface area contributed by atoms with Crippen LogP contribution in [-0.4, -0.2) is 29.2 Å². The van der Waals surface area contributed by atoms with E-state index in [2.05, 4.69) is 41.0 Å². The van der Waals surface area contributed by atoms with Gasteiger partial charge in [-0.25, -0.2) is 0 Å². The molecule has 2 nitrogen and oxygen atoms in total. The summed E-state index contributed by atoms with van der Waals surface area (Å²) in [6.07, 6.45) is 0.803. The number of hydrogen-bond acceptors (Lipinski definition) is 2. The molecule has 0 aromatic heterocycles. The molecule has 136 valence electrons. The Morgan fingerprint density at radius 3 is 1.89 bits per heavy atom. The topological polar surface area (TPSA) is 23.5 Å². The molecule has 1 atom stereocenters. The molecule has 3 aromatic carbocycles. The van der Waals surface area contributed by atoms with Gasteiger partial charge in [0.25, 0.3) is 0 Å². The summed E-state index contributed by atoms with van der Waals surface area (Å²) in [6.45, 7) is 1.49. The molecule has 0 radical (unpaired) electrons. The van der Waals surface area contributed by atoms with Crippen molar-refractivity contribution in [1.82, 2.24) is 4.90 Å². The van der Waals surface area contributed by atoms with Gasteiger partial charge in [0.15, 0.2) is 0 Å². The summed E-state index contributed by atoms with van der Waals surface area (Å²) in [6, 6.07) is 30.7. The highest BCUT2D eigenvalue weighted by Crippen LogP contribution is 2.13. The first-order valence-electron chi connectivity index (χ1n) is 9.32. The predicted octanol–water partition coefficient (Wildman–Crippen LogP) is 4.14. The first-order valence-corrected chi connectivity index (χ1v) is 9.32. The number of nitrogens with zero attached hydrogens (tertiary/aromatic N) is 1. The molecule has 0 aliphatic rings. The lowest BCUT2D eigenvalue weighted by molar-refractivity contribution is 0.129. The summed E-state index contributed by atoms with van der Waals surface area (Å²) in [5.74, 6) is 6.52. The van der Waals surface area contributed by atoms with Crippen LogP contribution >= 0.6 is 0 Å². The third-order valence-corrected chi connectivity index (χ3v) is 4.56. The molecule has 0 saturated heterocycles. The van der Waals surface area contributed by atoms with Crippen molar-refractivity contribution in [2.24, 2.45) is 0 Å². The van der Waals surface area contributed by atoms with E-state index < -0.39 is 0 Å². The quantitative estimate of drug-likeness (QED) is 0.644. The molecular formula is C25H25NO. The molecule has 0 fully saturated rings. The van der Waals surface area contributed by atoms with Gasteiger partial charge in [0.2, 0.25) is 0 Å². The molecule has 0 bridgehead atoms. The zero-order chi connectivity index (χ0) is 18.7. The van der Waals surface area contributed by atoms with Crippen molar-refractivity contribution in [3.63, 3.8) is 0 Å². The van der Waals surface area contributed by atoms with E-state index in [1.807, 2.05) is 66.7 Å². The monoisotopic (exact) mass is 355 g/mol. The standard InChI is InChI=1S/C25H25NO/c27-21-25(19-23-13-6-2-7-14-23)26(20-24-15-8-3-9-16-24)18-10-17-22-11-4-1-5-12-22/h1-9,11-16,25,27H,18-21H2/t25-/m0/s1. The molecule has 3 aromatic rings. The van der Waals surface area contributed by atoms with E-state index in [1.165, 1.54) is 11.1 Å². The fraction of sp³-hybridized carbons (Fsp3) is 0.200. The third kappa shape index (κ3) is 6.11. The van der Waals surface area contributed by atoms with Crippen molar-refractivity contribution < 1.29 is 5.11 Å². The van der Waals surface area contributed by atoms with Crippen LogP contribution in [0.4, 0.5) is 0 Å². The second-order valence-corrected chi connectivity index (χ2v) is 6.58. The van der Waals surface area contributed by atoms with Crippen LogP contribution in [0.3, 0.4) is 0 Å². The van der Waals surface area contributed by atoms with E-state index in [4.69, 9.17) is 0 Å². The molecule has 1 N–H and O–H groups in total. The Morgan fingerprint density at radius 1 is 0.741 bits per heavy atom. The highest BCUT2D eigenvalue weighted by Gasteiger charge is 2.18. The van der Waals surface area contributed by atoms with Crippen molar-refractivity contribution >= 4 is 0 Å². The fourth-order valence-electron chi connectivity index (χ4n) is 3.09. The van der Waals surface area contributed by atoms with Gasteiger partial charge < -0.3 is 5.11 Å². The van der Waals surface area contributed by atoms with Gasteiger partial charge in [-0.05, 0) is 29.7 Å². The van der Waals surface area contributed by atoms with Crippen LogP contribution in [0.15, 0.2) is 91.0 Å². The van der Waals surface area contributed by atoms with Gasteiger partial charge in [0.1, 0.15) is 0 Å². The maximum Gasteiger partial charge on any atom is 0.0611 e. The summed E-state index contributed by atoms with van der Waals surface area (Å²) in [5, 5.41) is 10.1. The summed E-state index contributed by atoms with van der Waals surface area (Å²) < 4.78 is 0. The second-order valence-electron chi connectivity index (χ2n) is 6.58. The molecular weight excluding hydrogens is 330 g/mol. The average molecular weight is 355 g/mol. The number of rotatable bonds is 7. The van der Waals surface area contributed by atoms with Gasteiger partial charge in [-0.3, -0.25) is 4.90 Å². The predicted molar refractivity (Wildman–Crippen MR) is 111 cm³/mol. The number of hydrogen-bond donors (Lipinski definition) is 1. The van der Waals surface area contributed by atoms with E-state index in [0.29, 0.717) is 6.54 Å². The number of aliphatic hydroxyl groups excluding tert-OH is 1. The van der Waals surface area contributed by atoms with Gasteiger partial charge in [0.05, 0.1) is 13.2 Å². The van der Waals surface area contributed by atoms with Crippen LogP contribution in [0.5, 0.6) is 0 Å². The van der Waals surface area contributed by atoms with Crippen molar-refractivity contribution in [3.8, 4) is 11.8 Å². The second kappa shape index (κ2) is 10.3. The van der Waals surface area contributed by atoms with Crippen molar-refractivity contribution in [2.45, 2.75) is 19.0 Å². The van der Waals surface area contributed by atoms with Gasteiger partial charge in [-0.1, -0.05) is 90.7 Å². The van der Waals surface area contributed by atoms with E-state index in [-0.39, 0.29) is 12.6 Å². The molecule has 0 heterocycles. The summed E-state index contributed by atoms with van der Waals surface area (Å²) >= 11 is 0. The Balaban J connectivity index is 1.76. The molecule has 0 saturated carbocycles. The average Bonchev–Trinajstić information content (AvgIpc) is 2.74. The Morgan fingerprint density at radius 2 is 1.30 bits per heavy atom. The van der Waals surface area contributed by atoms with Gasteiger partial charge in [-0.15, -0.1) is 0 Å². The molecule has 0 aliphatic heterocycles. The lowest BCUT2D eigenvalue weighted by Crippen LogP contribution is -2.39. The van der Waals surface area contributed by atoms with E-state index in [9.17, 15) is 5.11 Å². The minimum Gasteiger partial charge on any atom is -0.395 e. The molecule has 0 spiro atoms. The third-order valence-electron chi connectivity index (χ3n) is 4.56. The summed E-state index contributed by atoms with van der Waals surface area (Å²) in [5.41, 5.74) is 3.47. The Hall–Kier alpha value is -2.86. The summed E-state index contributed by atoms with van der Waals surface area (Å²) in [4.78, 5) is 2.26. The molecule has 27 heavy (non-hydrogen) atoms. The van der Waals surface area contributed by atoms with Crippen LogP contribution in [0, 0.1) is 11.8 Å². The highest BCUT2D eigenvalue weighted by atomic mass is 16.3. The minimum absolute atomic E-state index is 0.0256. The van der Waals surface area contributed by atoms with Crippen molar-refractivity contribution in [3.05, 3.63) is 108 Å². The Bertz CT molecular complexity index is 850. The van der Waals surface area contributed by atoms with Gasteiger partial charge in [-0.2, -0.15) is 0 Å². The lowest BCUT2D eigenvalue weighted by atomic mass is 10.0. The van der Waals surface area contributed by atoms with Gasteiger partial charge in [0, 0.05) is 18.2 Å². The number of benzene rings is 3. The molecule has 0 unspecified atom stereocenters.